The number of halogens is 1. The third-order valence-electron chi connectivity index (χ3n) is 3.92. The van der Waals surface area contributed by atoms with Gasteiger partial charge in [-0.3, -0.25) is 9.59 Å². The first-order valence-corrected chi connectivity index (χ1v) is 9.16. The van der Waals surface area contributed by atoms with Gasteiger partial charge in [-0.15, -0.1) is 0 Å². The van der Waals surface area contributed by atoms with Crippen LogP contribution in [0.5, 0.6) is 0 Å². The molecular weight excluding hydrogens is 348 g/mol. The van der Waals surface area contributed by atoms with Gasteiger partial charge < -0.3 is 10.6 Å². The third-order valence-corrected chi connectivity index (χ3v) is 4.33. The second-order valence-corrected chi connectivity index (χ2v) is 7.26. The molecule has 2 rings (SSSR count). The number of carbonyl (C=O) groups is 2. The summed E-state index contributed by atoms with van der Waals surface area (Å²) < 4.78 is 0. The molecule has 0 saturated carbocycles. The zero-order valence-corrected chi connectivity index (χ0v) is 16.2. The van der Waals surface area contributed by atoms with Crippen molar-refractivity contribution < 1.29 is 9.59 Å². The maximum absolute atomic E-state index is 12.1. The number of anilines is 2. The molecule has 2 aromatic carbocycles. The van der Waals surface area contributed by atoms with Crippen LogP contribution < -0.4 is 10.6 Å². The van der Waals surface area contributed by atoms with Crippen molar-refractivity contribution in [2.45, 2.75) is 40.0 Å². The fraction of sp³-hybridized carbons (Fsp3) is 0.333. The topological polar surface area (TPSA) is 58.2 Å². The average molecular weight is 373 g/mol. The maximum Gasteiger partial charge on any atom is 0.224 e. The monoisotopic (exact) mass is 372 g/mol. The number of hydrogen-bond donors (Lipinski definition) is 2. The molecule has 0 bridgehead atoms. The standard InChI is InChI=1S/C21H25ClN2O2/c1-14(2)12-21(26)24-18-9-7-17(8-10-18)23-20(25)11-6-16-5-4-15(3)19(22)13-16/h4-5,7-10,13-14H,6,11-12H2,1-3H3,(H,23,25)(H,24,26). The van der Waals surface area contributed by atoms with E-state index in [1.165, 1.54) is 0 Å². The van der Waals surface area contributed by atoms with Crippen LogP contribution >= 0.6 is 11.6 Å². The molecule has 0 unspecified atom stereocenters. The second kappa shape index (κ2) is 9.39. The molecular formula is C21H25ClN2O2. The van der Waals surface area contributed by atoms with Gasteiger partial charge in [0, 0.05) is 29.2 Å². The Balaban J connectivity index is 1.83. The van der Waals surface area contributed by atoms with E-state index in [0.29, 0.717) is 30.9 Å². The van der Waals surface area contributed by atoms with Crippen molar-refractivity contribution in [3.63, 3.8) is 0 Å². The number of hydrogen-bond acceptors (Lipinski definition) is 2. The van der Waals surface area contributed by atoms with Crippen LogP contribution in [0.1, 0.15) is 37.8 Å². The highest BCUT2D eigenvalue weighted by Gasteiger charge is 2.07. The lowest BCUT2D eigenvalue weighted by Crippen LogP contribution is -2.14. The van der Waals surface area contributed by atoms with Crippen LogP contribution in [-0.4, -0.2) is 11.8 Å². The van der Waals surface area contributed by atoms with Crippen molar-refractivity contribution in [1.29, 1.82) is 0 Å². The maximum atomic E-state index is 12.1. The summed E-state index contributed by atoms with van der Waals surface area (Å²) in [6.07, 6.45) is 1.50. The molecule has 0 radical (unpaired) electrons. The van der Waals surface area contributed by atoms with Crippen LogP contribution in [0.15, 0.2) is 42.5 Å². The minimum Gasteiger partial charge on any atom is -0.326 e. The van der Waals surface area contributed by atoms with E-state index in [4.69, 9.17) is 11.6 Å². The highest BCUT2D eigenvalue weighted by molar-refractivity contribution is 6.31. The summed E-state index contributed by atoms with van der Waals surface area (Å²) in [6.45, 7) is 5.96. The first kappa shape index (κ1) is 20.0. The van der Waals surface area contributed by atoms with Crippen LogP contribution in [0.3, 0.4) is 0 Å². The Morgan fingerprint density at radius 2 is 1.54 bits per heavy atom. The molecule has 138 valence electrons. The molecule has 4 nitrogen and oxygen atoms in total. The molecule has 2 aromatic rings. The fourth-order valence-corrected chi connectivity index (χ4v) is 2.70. The SMILES string of the molecule is Cc1ccc(CCC(=O)Nc2ccc(NC(=O)CC(C)C)cc2)cc1Cl. The molecule has 2 amide bonds. The zero-order valence-electron chi connectivity index (χ0n) is 15.4. The molecule has 0 aromatic heterocycles. The number of amides is 2. The van der Waals surface area contributed by atoms with Gasteiger partial charge in [0.15, 0.2) is 0 Å². The normalized spacial score (nSPS) is 10.7. The number of benzene rings is 2. The Bertz CT molecular complexity index is 770. The third kappa shape index (κ3) is 6.52. The molecule has 0 aliphatic carbocycles. The summed E-state index contributed by atoms with van der Waals surface area (Å²) in [5.41, 5.74) is 3.50. The van der Waals surface area contributed by atoms with Crippen molar-refractivity contribution in [1.82, 2.24) is 0 Å². The lowest BCUT2D eigenvalue weighted by molar-refractivity contribution is -0.117. The summed E-state index contributed by atoms with van der Waals surface area (Å²) in [4.78, 5) is 23.9. The van der Waals surface area contributed by atoms with E-state index in [2.05, 4.69) is 10.6 Å². The fourth-order valence-electron chi connectivity index (χ4n) is 2.49. The largest absolute Gasteiger partial charge is 0.326 e. The Morgan fingerprint density at radius 3 is 2.08 bits per heavy atom. The van der Waals surface area contributed by atoms with Crippen LogP contribution in [0.4, 0.5) is 11.4 Å². The molecule has 2 N–H and O–H groups in total. The van der Waals surface area contributed by atoms with Crippen molar-refractivity contribution in [2.24, 2.45) is 5.92 Å². The van der Waals surface area contributed by atoms with Gasteiger partial charge in [0.05, 0.1) is 0 Å². The Morgan fingerprint density at radius 1 is 0.962 bits per heavy atom. The highest BCUT2D eigenvalue weighted by atomic mass is 35.5. The molecule has 0 heterocycles. The van der Waals surface area contributed by atoms with E-state index in [-0.39, 0.29) is 11.8 Å². The number of nitrogens with one attached hydrogen (secondary N) is 2. The van der Waals surface area contributed by atoms with Crippen molar-refractivity contribution >= 4 is 34.8 Å². The molecule has 5 heteroatoms. The molecule has 0 fully saturated rings. The van der Waals surface area contributed by atoms with Gasteiger partial charge >= 0.3 is 0 Å². The number of aryl methyl sites for hydroxylation is 2. The van der Waals surface area contributed by atoms with Gasteiger partial charge in [-0.05, 0) is 60.7 Å². The minimum absolute atomic E-state index is 0.00598. The molecule has 0 aliphatic heterocycles. The van der Waals surface area contributed by atoms with E-state index in [1.54, 1.807) is 24.3 Å². The molecule has 26 heavy (non-hydrogen) atoms. The smallest absolute Gasteiger partial charge is 0.224 e. The van der Waals surface area contributed by atoms with Crippen LogP contribution in [-0.2, 0) is 16.0 Å². The van der Waals surface area contributed by atoms with Crippen LogP contribution in [0.2, 0.25) is 5.02 Å². The Hall–Kier alpha value is -2.33. The highest BCUT2D eigenvalue weighted by Crippen LogP contribution is 2.18. The zero-order chi connectivity index (χ0) is 19.1. The predicted molar refractivity (Wildman–Crippen MR) is 108 cm³/mol. The summed E-state index contributed by atoms with van der Waals surface area (Å²) >= 11 is 6.11. The van der Waals surface area contributed by atoms with Gasteiger partial charge in [-0.2, -0.15) is 0 Å². The quantitative estimate of drug-likeness (QED) is 0.701. The number of rotatable bonds is 7. The Labute approximate surface area is 159 Å². The molecule has 0 atom stereocenters. The van der Waals surface area contributed by atoms with Gasteiger partial charge in [0.25, 0.3) is 0 Å². The van der Waals surface area contributed by atoms with E-state index in [9.17, 15) is 9.59 Å². The van der Waals surface area contributed by atoms with Crippen molar-refractivity contribution in [2.75, 3.05) is 10.6 Å². The number of carbonyl (C=O) groups excluding carboxylic acids is 2. The predicted octanol–water partition coefficient (Wildman–Crippen LogP) is 5.20. The summed E-state index contributed by atoms with van der Waals surface area (Å²) in [6, 6.07) is 13.0. The minimum atomic E-state index is -0.0571. The van der Waals surface area contributed by atoms with E-state index in [1.807, 2.05) is 39.0 Å². The van der Waals surface area contributed by atoms with Gasteiger partial charge in [-0.1, -0.05) is 37.6 Å². The van der Waals surface area contributed by atoms with E-state index < -0.39 is 0 Å². The molecule has 0 spiro atoms. The summed E-state index contributed by atoms with van der Waals surface area (Å²) in [7, 11) is 0. The first-order chi connectivity index (χ1) is 12.3. The lowest BCUT2D eigenvalue weighted by Gasteiger charge is -2.09. The summed E-state index contributed by atoms with van der Waals surface area (Å²) in [5.74, 6) is 0.254. The van der Waals surface area contributed by atoms with Gasteiger partial charge in [0.1, 0.15) is 0 Å². The van der Waals surface area contributed by atoms with E-state index >= 15 is 0 Å². The van der Waals surface area contributed by atoms with Crippen LogP contribution in [0, 0.1) is 12.8 Å². The molecule has 0 saturated heterocycles. The van der Waals surface area contributed by atoms with Crippen LogP contribution in [0.25, 0.3) is 0 Å². The lowest BCUT2D eigenvalue weighted by atomic mass is 10.1. The first-order valence-electron chi connectivity index (χ1n) is 8.78. The average Bonchev–Trinajstić information content (AvgIpc) is 2.57. The second-order valence-electron chi connectivity index (χ2n) is 6.86. The summed E-state index contributed by atoms with van der Waals surface area (Å²) in [5, 5.41) is 6.43. The van der Waals surface area contributed by atoms with E-state index in [0.717, 1.165) is 21.8 Å². The van der Waals surface area contributed by atoms with Crippen molar-refractivity contribution in [3.8, 4) is 0 Å². The Kier molecular flexibility index (Phi) is 7.22. The van der Waals surface area contributed by atoms with Gasteiger partial charge in [0.2, 0.25) is 11.8 Å². The van der Waals surface area contributed by atoms with Gasteiger partial charge in [-0.25, -0.2) is 0 Å². The molecule has 0 aliphatic rings. The van der Waals surface area contributed by atoms with Crippen molar-refractivity contribution in [3.05, 3.63) is 58.6 Å².